The van der Waals surface area contributed by atoms with E-state index in [9.17, 15) is 13.2 Å². The summed E-state index contributed by atoms with van der Waals surface area (Å²) in [4.78, 5) is 13.1. The highest BCUT2D eigenvalue weighted by Crippen LogP contribution is 2.22. The lowest BCUT2D eigenvalue weighted by molar-refractivity contribution is 0.0934. The number of hydrogen-bond acceptors (Lipinski definition) is 4. The molecule has 0 aliphatic rings. The lowest BCUT2D eigenvalue weighted by Gasteiger charge is -2.19. The van der Waals surface area contributed by atoms with Gasteiger partial charge in [0.05, 0.1) is 18.0 Å². The smallest absolute Gasteiger partial charge is 0.252 e. The fourth-order valence-corrected chi connectivity index (χ4v) is 4.41. The molecule has 0 aliphatic heterocycles. The molecule has 3 aromatic carbocycles. The fraction of sp³-hybridized carbons (Fsp3) is 0.240. The average molecular weight is 453 g/mol. The zero-order chi connectivity index (χ0) is 23.1. The van der Waals surface area contributed by atoms with E-state index in [4.69, 9.17) is 4.74 Å². The number of aryl methyl sites for hydroxylation is 1. The van der Waals surface area contributed by atoms with E-state index in [0.717, 1.165) is 16.9 Å². The molecule has 0 saturated heterocycles. The number of hydrogen-bond donors (Lipinski definition) is 2. The first kappa shape index (κ1) is 23.5. The van der Waals surface area contributed by atoms with Gasteiger partial charge >= 0.3 is 0 Å². The van der Waals surface area contributed by atoms with Crippen molar-refractivity contribution >= 4 is 15.9 Å². The summed E-state index contributed by atoms with van der Waals surface area (Å²) in [5.74, 6) is 0.428. The van der Waals surface area contributed by atoms with E-state index in [2.05, 4.69) is 10.0 Å². The Labute approximate surface area is 189 Å². The van der Waals surface area contributed by atoms with Crippen molar-refractivity contribution in [3.63, 3.8) is 0 Å². The van der Waals surface area contributed by atoms with Crippen molar-refractivity contribution in [2.75, 3.05) is 7.11 Å². The molecule has 0 radical (unpaired) electrons. The van der Waals surface area contributed by atoms with Crippen molar-refractivity contribution in [1.82, 2.24) is 10.0 Å². The maximum Gasteiger partial charge on any atom is 0.252 e. The molecule has 3 aromatic rings. The number of nitrogens with one attached hydrogen (secondary N) is 2. The van der Waals surface area contributed by atoms with Crippen LogP contribution in [0.5, 0.6) is 5.75 Å². The standard InChI is InChI=1S/C25H28N2O4S/c1-4-24(20-11-13-21(31-3)14-12-20)27-25(28)23-16-22(15-10-18(23)2)32(29,30)26-17-19-8-6-5-7-9-19/h5-16,24,26H,4,17H2,1-3H3,(H,27,28). The van der Waals surface area contributed by atoms with Gasteiger partial charge in [0.25, 0.3) is 5.91 Å². The molecular weight excluding hydrogens is 424 g/mol. The van der Waals surface area contributed by atoms with E-state index < -0.39 is 10.0 Å². The number of benzene rings is 3. The summed E-state index contributed by atoms with van der Waals surface area (Å²) in [6, 6.07) is 21.2. The normalized spacial score (nSPS) is 12.2. The Kier molecular flexibility index (Phi) is 7.66. The van der Waals surface area contributed by atoms with Crippen LogP contribution in [-0.2, 0) is 16.6 Å². The Morgan fingerprint density at radius 1 is 1.00 bits per heavy atom. The van der Waals surface area contributed by atoms with E-state index in [0.29, 0.717) is 17.5 Å². The van der Waals surface area contributed by atoms with E-state index in [1.54, 1.807) is 20.1 Å². The van der Waals surface area contributed by atoms with Crippen LogP contribution in [-0.4, -0.2) is 21.4 Å². The second-order valence-corrected chi connectivity index (χ2v) is 9.26. The summed E-state index contributed by atoms with van der Waals surface area (Å²) in [5.41, 5.74) is 2.84. The number of methoxy groups -OCH3 is 1. The molecule has 0 saturated carbocycles. The summed E-state index contributed by atoms with van der Waals surface area (Å²) < 4.78 is 33.4. The average Bonchev–Trinajstić information content (AvgIpc) is 2.82. The van der Waals surface area contributed by atoms with Crippen molar-refractivity contribution in [3.05, 3.63) is 95.1 Å². The Bertz CT molecular complexity index is 1160. The van der Waals surface area contributed by atoms with Gasteiger partial charge in [0, 0.05) is 12.1 Å². The third kappa shape index (κ3) is 5.75. The minimum Gasteiger partial charge on any atom is -0.497 e. The van der Waals surface area contributed by atoms with E-state index >= 15 is 0 Å². The molecular formula is C25H28N2O4S. The zero-order valence-corrected chi connectivity index (χ0v) is 19.3. The van der Waals surface area contributed by atoms with E-state index in [1.807, 2.05) is 61.5 Å². The number of carbonyl (C=O) groups excluding carboxylic acids is 1. The van der Waals surface area contributed by atoms with E-state index in [-0.39, 0.29) is 23.4 Å². The first-order valence-corrected chi connectivity index (χ1v) is 11.9. The van der Waals surface area contributed by atoms with Gasteiger partial charge in [0.15, 0.2) is 0 Å². The van der Waals surface area contributed by atoms with Gasteiger partial charge in [-0.3, -0.25) is 4.79 Å². The Morgan fingerprint density at radius 3 is 2.31 bits per heavy atom. The van der Waals surface area contributed by atoms with Gasteiger partial charge in [-0.1, -0.05) is 55.5 Å². The van der Waals surface area contributed by atoms with Gasteiger partial charge in [-0.05, 0) is 54.3 Å². The molecule has 2 N–H and O–H groups in total. The fourth-order valence-electron chi connectivity index (χ4n) is 3.36. The molecule has 0 aromatic heterocycles. The highest BCUT2D eigenvalue weighted by molar-refractivity contribution is 7.89. The molecule has 1 unspecified atom stereocenters. The van der Waals surface area contributed by atoms with Crippen molar-refractivity contribution in [3.8, 4) is 5.75 Å². The summed E-state index contributed by atoms with van der Waals surface area (Å²) in [7, 11) is -2.17. The molecule has 168 valence electrons. The monoisotopic (exact) mass is 452 g/mol. The molecule has 7 heteroatoms. The van der Waals surface area contributed by atoms with Crippen LogP contribution < -0.4 is 14.8 Å². The highest BCUT2D eigenvalue weighted by atomic mass is 32.2. The summed E-state index contributed by atoms with van der Waals surface area (Å²) in [6.45, 7) is 3.95. The molecule has 0 bridgehead atoms. The van der Waals surface area contributed by atoms with Crippen molar-refractivity contribution in [2.45, 2.75) is 37.8 Å². The molecule has 0 heterocycles. The van der Waals surface area contributed by atoms with Gasteiger partial charge in [-0.15, -0.1) is 0 Å². The van der Waals surface area contributed by atoms with Crippen LogP contribution >= 0.6 is 0 Å². The number of sulfonamides is 1. The van der Waals surface area contributed by atoms with E-state index in [1.165, 1.54) is 12.1 Å². The SMILES string of the molecule is CCC(NC(=O)c1cc(S(=O)(=O)NCc2ccccc2)ccc1C)c1ccc(OC)cc1. The van der Waals surface area contributed by atoms with Crippen LogP contribution in [0.4, 0.5) is 0 Å². The van der Waals surface area contributed by atoms with Gasteiger partial charge in [-0.2, -0.15) is 0 Å². The van der Waals surface area contributed by atoms with Crippen LogP contribution in [0.1, 0.15) is 46.4 Å². The Hall–Kier alpha value is -3.16. The first-order chi connectivity index (χ1) is 15.3. The van der Waals surface area contributed by atoms with Gasteiger partial charge in [0.1, 0.15) is 5.75 Å². The Balaban J connectivity index is 1.78. The third-order valence-corrected chi connectivity index (χ3v) is 6.70. The zero-order valence-electron chi connectivity index (χ0n) is 18.5. The highest BCUT2D eigenvalue weighted by Gasteiger charge is 2.20. The van der Waals surface area contributed by atoms with Crippen LogP contribution in [0, 0.1) is 6.92 Å². The topological polar surface area (TPSA) is 84.5 Å². The van der Waals surface area contributed by atoms with Crippen molar-refractivity contribution in [1.29, 1.82) is 0 Å². The largest absolute Gasteiger partial charge is 0.497 e. The second-order valence-electron chi connectivity index (χ2n) is 7.49. The molecule has 3 rings (SSSR count). The van der Waals surface area contributed by atoms with Crippen molar-refractivity contribution < 1.29 is 17.9 Å². The molecule has 6 nitrogen and oxygen atoms in total. The van der Waals surface area contributed by atoms with Crippen LogP contribution in [0.25, 0.3) is 0 Å². The molecule has 1 atom stereocenters. The second kappa shape index (κ2) is 10.4. The molecule has 32 heavy (non-hydrogen) atoms. The van der Waals surface area contributed by atoms with Crippen molar-refractivity contribution in [2.24, 2.45) is 0 Å². The minimum absolute atomic E-state index is 0.0571. The maximum atomic E-state index is 13.0. The summed E-state index contributed by atoms with van der Waals surface area (Å²) in [6.07, 6.45) is 0.688. The molecule has 1 amide bonds. The summed E-state index contributed by atoms with van der Waals surface area (Å²) in [5, 5.41) is 3.02. The number of ether oxygens (including phenoxy) is 1. The predicted octanol–water partition coefficient (Wildman–Crippen LogP) is 4.36. The lowest BCUT2D eigenvalue weighted by Crippen LogP contribution is -2.29. The third-order valence-electron chi connectivity index (χ3n) is 5.30. The number of carbonyl (C=O) groups is 1. The maximum absolute atomic E-state index is 13.0. The predicted molar refractivity (Wildman–Crippen MR) is 125 cm³/mol. The van der Waals surface area contributed by atoms with Gasteiger partial charge in [0.2, 0.25) is 10.0 Å². The molecule has 0 spiro atoms. The van der Waals surface area contributed by atoms with Gasteiger partial charge < -0.3 is 10.1 Å². The quantitative estimate of drug-likeness (QED) is 0.505. The van der Waals surface area contributed by atoms with Gasteiger partial charge in [-0.25, -0.2) is 13.1 Å². The number of amides is 1. The molecule has 0 fully saturated rings. The number of rotatable bonds is 9. The van der Waals surface area contributed by atoms with Crippen LogP contribution in [0.15, 0.2) is 77.7 Å². The molecule has 0 aliphatic carbocycles. The van der Waals surface area contributed by atoms with Crippen LogP contribution in [0.2, 0.25) is 0 Å². The summed E-state index contributed by atoms with van der Waals surface area (Å²) >= 11 is 0. The minimum atomic E-state index is -3.77. The first-order valence-electron chi connectivity index (χ1n) is 10.4. The lowest BCUT2D eigenvalue weighted by atomic mass is 10.0. The van der Waals surface area contributed by atoms with Crippen LogP contribution in [0.3, 0.4) is 0 Å². The Morgan fingerprint density at radius 2 is 1.69 bits per heavy atom.